The van der Waals surface area contributed by atoms with E-state index in [0.717, 1.165) is 31.4 Å². The predicted molar refractivity (Wildman–Crippen MR) is 101 cm³/mol. The summed E-state index contributed by atoms with van der Waals surface area (Å²) in [5.41, 5.74) is 3.69. The number of halogens is 1. The zero-order valence-electron chi connectivity index (χ0n) is 16.2. The van der Waals surface area contributed by atoms with Gasteiger partial charge in [-0.2, -0.15) is 0 Å². The van der Waals surface area contributed by atoms with Crippen molar-refractivity contribution in [1.29, 1.82) is 0 Å². The smallest absolute Gasteiger partial charge is 0.217 e. The number of hydrogen-bond donors (Lipinski definition) is 0. The molecule has 0 bridgehead atoms. The topological polar surface area (TPSA) is 47.5 Å². The van der Waals surface area contributed by atoms with Crippen molar-refractivity contribution in [3.05, 3.63) is 46.5 Å². The number of aryl methyl sites for hydroxylation is 2. The van der Waals surface area contributed by atoms with Gasteiger partial charge in [-0.3, -0.25) is 4.90 Å². The van der Waals surface area contributed by atoms with Crippen molar-refractivity contribution in [3.8, 4) is 11.8 Å². The second-order valence-electron chi connectivity index (χ2n) is 7.67. The lowest BCUT2D eigenvalue weighted by molar-refractivity contribution is 0.0545. The molecular weight excluding hydrogens is 345 g/mol. The molecule has 0 radical (unpaired) electrons. The van der Waals surface area contributed by atoms with Gasteiger partial charge in [0, 0.05) is 43.4 Å². The molecule has 0 spiro atoms. The van der Waals surface area contributed by atoms with Gasteiger partial charge in [0.25, 0.3) is 0 Å². The van der Waals surface area contributed by atoms with E-state index in [-0.39, 0.29) is 18.0 Å². The van der Waals surface area contributed by atoms with Crippen LogP contribution in [-0.2, 0) is 13.0 Å². The Kier molecular flexibility index (Phi) is 5.00. The standard InChI is InChI=1S/C21H26FN3O2/c1-13-8-20(23-11-14(13)2)27-17-4-6-25(15(3)9-17)12-19-18(22)10-16-5-7-26-21(16)24-19/h8,10-11,15,17H,4-7,9,12H2,1-3H3/t15-,17-/m0/s1. The molecule has 2 aliphatic heterocycles. The van der Waals surface area contributed by atoms with Gasteiger partial charge < -0.3 is 9.47 Å². The average Bonchev–Trinajstić information content (AvgIpc) is 3.08. The molecule has 2 aliphatic rings. The summed E-state index contributed by atoms with van der Waals surface area (Å²) >= 11 is 0. The molecule has 2 atom stereocenters. The molecule has 0 amide bonds. The zero-order valence-corrected chi connectivity index (χ0v) is 16.2. The molecule has 27 heavy (non-hydrogen) atoms. The molecule has 5 nitrogen and oxygen atoms in total. The van der Waals surface area contributed by atoms with Crippen LogP contribution in [0.1, 0.15) is 42.1 Å². The molecular formula is C21H26FN3O2. The van der Waals surface area contributed by atoms with Gasteiger partial charge in [0.15, 0.2) is 0 Å². The third-order valence-electron chi connectivity index (χ3n) is 5.65. The number of ether oxygens (including phenoxy) is 2. The summed E-state index contributed by atoms with van der Waals surface area (Å²) in [6.45, 7) is 8.21. The summed E-state index contributed by atoms with van der Waals surface area (Å²) < 4.78 is 26.0. The highest BCUT2D eigenvalue weighted by Gasteiger charge is 2.28. The number of rotatable bonds is 4. The number of nitrogens with zero attached hydrogens (tertiary/aromatic N) is 3. The van der Waals surface area contributed by atoms with E-state index in [1.165, 1.54) is 11.1 Å². The summed E-state index contributed by atoms with van der Waals surface area (Å²) in [6.07, 6.45) is 4.50. The van der Waals surface area contributed by atoms with E-state index < -0.39 is 0 Å². The Balaban J connectivity index is 1.38. The van der Waals surface area contributed by atoms with E-state index in [1.807, 2.05) is 19.2 Å². The van der Waals surface area contributed by atoms with Crippen LogP contribution in [0.2, 0.25) is 0 Å². The number of hydrogen-bond acceptors (Lipinski definition) is 5. The van der Waals surface area contributed by atoms with Crippen LogP contribution in [0.4, 0.5) is 4.39 Å². The zero-order chi connectivity index (χ0) is 19.0. The lowest BCUT2D eigenvalue weighted by Gasteiger charge is -2.37. The Bertz CT molecular complexity index is 842. The van der Waals surface area contributed by atoms with Gasteiger partial charge in [0.05, 0.1) is 12.3 Å². The molecule has 0 aliphatic carbocycles. The molecule has 144 valence electrons. The first-order valence-electron chi connectivity index (χ1n) is 9.64. The second kappa shape index (κ2) is 7.43. The van der Waals surface area contributed by atoms with Gasteiger partial charge in [0.1, 0.15) is 11.9 Å². The van der Waals surface area contributed by atoms with Gasteiger partial charge in [-0.15, -0.1) is 0 Å². The van der Waals surface area contributed by atoms with Crippen molar-refractivity contribution in [2.24, 2.45) is 0 Å². The van der Waals surface area contributed by atoms with Crippen molar-refractivity contribution >= 4 is 0 Å². The summed E-state index contributed by atoms with van der Waals surface area (Å²) in [4.78, 5) is 11.1. The monoisotopic (exact) mass is 371 g/mol. The fourth-order valence-electron chi connectivity index (χ4n) is 3.76. The van der Waals surface area contributed by atoms with E-state index in [1.54, 1.807) is 6.07 Å². The van der Waals surface area contributed by atoms with Crippen molar-refractivity contribution in [2.45, 2.75) is 58.7 Å². The van der Waals surface area contributed by atoms with E-state index in [4.69, 9.17) is 9.47 Å². The Labute approximate surface area is 159 Å². The molecule has 4 heterocycles. The normalized spacial score (nSPS) is 22.4. The third kappa shape index (κ3) is 3.90. The van der Waals surface area contributed by atoms with E-state index in [2.05, 4.69) is 28.7 Å². The van der Waals surface area contributed by atoms with E-state index in [9.17, 15) is 4.39 Å². The Morgan fingerprint density at radius 2 is 2.15 bits per heavy atom. The molecule has 2 aromatic heterocycles. The maximum Gasteiger partial charge on any atom is 0.217 e. The highest BCUT2D eigenvalue weighted by Crippen LogP contribution is 2.28. The van der Waals surface area contributed by atoms with Crippen molar-refractivity contribution in [2.75, 3.05) is 13.2 Å². The summed E-state index contributed by atoms with van der Waals surface area (Å²) in [5.74, 6) is 1.05. The van der Waals surface area contributed by atoms with Crippen LogP contribution >= 0.6 is 0 Å². The predicted octanol–water partition coefficient (Wildman–Crippen LogP) is 3.60. The van der Waals surface area contributed by atoms with Crippen molar-refractivity contribution < 1.29 is 13.9 Å². The largest absolute Gasteiger partial charge is 0.477 e. The first kappa shape index (κ1) is 18.2. The molecule has 2 aromatic rings. The lowest BCUT2D eigenvalue weighted by Crippen LogP contribution is -2.44. The Morgan fingerprint density at radius 3 is 2.93 bits per heavy atom. The van der Waals surface area contributed by atoms with Crippen LogP contribution in [0, 0.1) is 19.7 Å². The van der Waals surface area contributed by atoms with Gasteiger partial charge in [-0.05, 0) is 50.8 Å². The van der Waals surface area contributed by atoms with E-state index >= 15 is 0 Å². The average molecular weight is 371 g/mol. The fourth-order valence-corrected chi connectivity index (χ4v) is 3.76. The molecule has 0 N–H and O–H groups in total. The minimum Gasteiger partial charge on any atom is -0.477 e. The SMILES string of the molecule is Cc1cnc(O[C@H]2CCN(Cc3nc4c(cc3F)CCO4)[C@@H](C)C2)cc1C. The molecule has 0 aromatic carbocycles. The quantitative estimate of drug-likeness (QED) is 0.822. The highest BCUT2D eigenvalue weighted by atomic mass is 19.1. The third-order valence-corrected chi connectivity index (χ3v) is 5.65. The van der Waals surface area contributed by atoms with Crippen LogP contribution in [0.15, 0.2) is 18.3 Å². The molecule has 4 rings (SSSR count). The van der Waals surface area contributed by atoms with Crippen LogP contribution in [-0.4, -0.2) is 40.2 Å². The van der Waals surface area contributed by atoms with Gasteiger partial charge >= 0.3 is 0 Å². The van der Waals surface area contributed by atoms with Crippen molar-refractivity contribution in [1.82, 2.24) is 14.9 Å². The number of pyridine rings is 2. The lowest BCUT2D eigenvalue weighted by atomic mass is 10.00. The van der Waals surface area contributed by atoms with Crippen LogP contribution in [0.3, 0.4) is 0 Å². The van der Waals surface area contributed by atoms with Gasteiger partial charge in [0.2, 0.25) is 11.8 Å². The van der Waals surface area contributed by atoms with Gasteiger partial charge in [-0.1, -0.05) is 0 Å². The first-order valence-corrected chi connectivity index (χ1v) is 9.64. The summed E-state index contributed by atoms with van der Waals surface area (Å²) in [5, 5.41) is 0. The second-order valence-corrected chi connectivity index (χ2v) is 7.67. The summed E-state index contributed by atoms with van der Waals surface area (Å²) in [7, 11) is 0. The maximum absolute atomic E-state index is 14.4. The number of likely N-dealkylation sites (tertiary alicyclic amines) is 1. The fraction of sp³-hybridized carbons (Fsp3) is 0.524. The number of piperidine rings is 1. The van der Waals surface area contributed by atoms with E-state index in [0.29, 0.717) is 30.6 Å². The van der Waals surface area contributed by atoms with Crippen LogP contribution < -0.4 is 9.47 Å². The minimum absolute atomic E-state index is 0.131. The van der Waals surface area contributed by atoms with Crippen molar-refractivity contribution in [3.63, 3.8) is 0 Å². The molecule has 0 saturated carbocycles. The molecule has 0 unspecified atom stereocenters. The first-order chi connectivity index (χ1) is 13.0. The minimum atomic E-state index is -0.232. The maximum atomic E-state index is 14.4. The van der Waals surface area contributed by atoms with Gasteiger partial charge in [-0.25, -0.2) is 14.4 Å². The molecule has 6 heteroatoms. The number of fused-ring (bicyclic) bond motifs is 1. The Morgan fingerprint density at radius 1 is 1.30 bits per heavy atom. The highest BCUT2D eigenvalue weighted by molar-refractivity contribution is 5.32. The Hall–Kier alpha value is -2.21. The molecule has 1 fully saturated rings. The van der Waals surface area contributed by atoms with Crippen LogP contribution in [0.25, 0.3) is 0 Å². The number of aromatic nitrogens is 2. The van der Waals surface area contributed by atoms with Crippen LogP contribution in [0.5, 0.6) is 11.8 Å². The molecule has 1 saturated heterocycles. The summed E-state index contributed by atoms with van der Waals surface area (Å²) in [6, 6.07) is 3.86.